The van der Waals surface area contributed by atoms with Gasteiger partial charge in [0.2, 0.25) is 0 Å². The van der Waals surface area contributed by atoms with E-state index in [2.05, 4.69) is 24.8 Å². The topological polar surface area (TPSA) is 104 Å². The van der Waals surface area contributed by atoms with Gasteiger partial charge in [0.05, 0.1) is 37.8 Å². The number of rotatable bonds is 8. The van der Waals surface area contributed by atoms with Crippen molar-refractivity contribution in [2.24, 2.45) is 5.92 Å². The first-order chi connectivity index (χ1) is 16.2. The summed E-state index contributed by atoms with van der Waals surface area (Å²) in [7, 11) is 0. The van der Waals surface area contributed by atoms with Crippen molar-refractivity contribution < 1.29 is 33.6 Å². The molecule has 1 saturated carbocycles. The van der Waals surface area contributed by atoms with Crippen LogP contribution in [0.3, 0.4) is 0 Å². The van der Waals surface area contributed by atoms with Crippen LogP contribution in [0, 0.1) is 5.92 Å². The Balaban J connectivity index is 1.28. The Morgan fingerprint density at radius 2 is 1.91 bits per heavy atom. The number of hydrogen-bond donors (Lipinski definition) is 1. The maximum Gasteiger partial charge on any atom is 0.410 e. The number of piperazine rings is 1. The van der Waals surface area contributed by atoms with Crippen LogP contribution in [0.5, 0.6) is 0 Å². The van der Waals surface area contributed by atoms with Crippen molar-refractivity contribution in [2.75, 3.05) is 45.9 Å². The molecule has 1 spiro atoms. The van der Waals surface area contributed by atoms with Gasteiger partial charge in [0, 0.05) is 32.7 Å². The highest BCUT2D eigenvalue weighted by atomic mass is 16.6. The number of carbonyl (C=O) groups is 2. The molecular formula is C25H40N2O7. The van der Waals surface area contributed by atoms with E-state index in [0.717, 1.165) is 12.8 Å². The first-order valence-corrected chi connectivity index (χ1v) is 12.7. The summed E-state index contributed by atoms with van der Waals surface area (Å²) >= 11 is 0. The van der Waals surface area contributed by atoms with Gasteiger partial charge in [-0.15, -0.1) is 0 Å². The average Bonchev–Trinajstić information content (AvgIpc) is 3.71. The van der Waals surface area contributed by atoms with E-state index in [1.807, 2.05) is 6.92 Å². The number of ether oxygens (including phenoxy) is 4. The van der Waals surface area contributed by atoms with Gasteiger partial charge in [-0.3, -0.25) is 9.69 Å². The second-order valence-corrected chi connectivity index (χ2v) is 10.5. The monoisotopic (exact) mass is 480 g/mol. The van der Waals surface area contributed by atoms with Crippen LogP contribution in [0.25, 0.3) is 0 Å². The minimum atomic E-state index is -0.826. The highest BCUT2D eigenvalue weighted by molar-refractivity contribution is 5.69. The molecular weight excluding hydrogens is 440 g/mol. The lowest BCUT2D eigenvalue weighted by molar-refractivity contribution is -0.143. The lowest BCUT2D eigenvalue weighted by Gasteiger charge is -2.42. The molecule has 0 aromatic heterocycles. The molecule has 4 aliphatic rings. The van der Waals surface area contributed by atoms with E-state index in [9.17, 15) is 14.7 Å². The van der Waals surface area contributed by atoms with Crippen LogP contribution in [0.2, 0.25) is 0 Å². The SMILES string of the molecule is CCOC(=O)CCN1CCN(C(=O)O[C@@H]2CC[C@]3(CO3)[C@@H](C3(C)O[C@@H]3CC=C(C)C)[C@@H]2O)CC1. The molecule has 3 aliphatic heterocycles. The maximum atomic E-state index is 12.9. The van der Waals surface area contributed by atoms with Gasteiger partial charge in [0.15, 0.2) is 0 Å². The zero-order valence-corrected chi connectivity index (χ0v) is 21.0. The van der Waals surface area contributed by atoms with Crippen LogP contribution in [-0.4, -0.2) is 102 Å². The minimum Gasteiger partial charge on any atom is -0.466 e. The van der Waals surface area contributed by atoms with Crippen LogP contribution in [0.4, 0.5) is 4.79 Å². The standard InChI is InChI=1S/C25H40N2O7/c1-5-31-20(28)9-11-26-12-14-27(15-13-26)23(30)33-18-8-10-25(16-32-25)22(21(18)29)24(4)19(34-24)7-6-17(2)3/h6,18-19,21-22,29H,5,7-16H2,1-4H3/t18-,19-,21-,22-,24?,25+/m1/s1. The normalized spacial score (nSPS) is 37.3. The van der Waals surface area contributed by atoms with E-state index in [4.69, 9.17) is 18.9 Å². The molecule has 9 nitrogen and oxygen atoms in total. The molecule has 4 rings (SSSR count). The molecule has 0 radical (unpaired) electrons. The van der Waals surface area contributed by atoms with E-state index in [1.54, 1.807) is 11.8 Å². The predicted molar refractivity (Wildman–Crippen MR) is 124 cm³/mol. The summed E-state index contributed by atoms with van der Waals surface area (Å²) in [6.45, 7) is 12.0. The van der Waals surface area contributed by atoms with E-state index >= 15 is 0 Å². The first-order valence-electron chi connectivity index (χ1n) is 12.7. The summed E-state index contributed by atoms with van der Waals surface area (Å²) in [5.41, 5.74) is 0.408. The Labute approximate surface area is 202 Å². The molecule has 0 bridgehead atoms. The van der Waals surface area contributed by atoms with Gasteiger partial charge in [-0.05, 0) is 47.0 Å². The summed E-state index contributed by atoms with van der Waals surface area (Å²) in [6, 6.07) is 0. The second kappa shape index (κ2) is 10.1. The van der Waals surface area contributed by atoms with Crippen molar-refractivity contribution in [3.63, 3.8) is 0 Å². The fourth-order valence-electron chi connectivity index (χ4n) is 5.66. The van der Waals surface area contributed by atoms with Crippen molar-refractivity contribution in [2.45, 2.75) is 82.9 Å². The summed E-state index contributed by atoms with van der Waals surface area (Å²) in [4.78, 5) is 28.3. The molecule has 1 amide bonds. The third kappa shape index (κ3) is 5.42. The zero-order chi connectivity index (χ0) is 24.5. The maximum absolute atomic E-state index is 12.9. The molecule has 34 heavy (non-hydrogen) atoms. The molecule has 0 aromatic carbocycles. The van der Waals surface area contributed by atoms with Crippen molar-refractivity contribution >= 4 is 12.1 Å². The molecule has 192 valence electrons. The number of esters is 1. The van der Waals surface area contributed by atoms with Crippen molar-refractivity contribution in [3.8, 4) is 0 Å². The number of amides is 1. The third-order valence-corrected chi connectivity index (χ3v) is 7.81. The van der Waals surface area contributed by atoms with Gasteiger partial charge in [0.1, 0.15) is 17.3 Å². The number of allylic oxidation sites excluding steroid dienone is 1. The van der Waals surface area contributed by atoms with Gasteiger partial charge < -0.3 is 29.0 Å². The first kappa shape index (κ1) is 25.4. The second-order valence-electron chi connectivity index (χ2n) is 10.5. The average molecular weight is 481 g/mol. The van der Waals surface area contributed by atoms with E-state index < -0.39 is 17.8 Å². The Hall–Kier alpha value is -1.68. The van der Waals surface area contributed by atoms with Gasteiger partial charge in [-0.2, -0.15) is 0 Å². The number of aliphatic hydroxyl groups excluding tert-OH is 1. The summed E-state index contributed by atoms with van der Waals surface area (Å²) < 4.78 is 22.8. The van der Waals surface area contributed by atoms with E-state index in [1.165, 1.54) is 5.57 Å². The van der Waals surface area contributed by atoms with Crippen molar-refractivity contribution in [3.05, 3.63) is 11.6 Å². The highest BCUT2D eigenvalue weighted by Crippen LogP contribution is 2.59. The molecule has 1 aliphatic carbocycles. The molecule has 3 heterocycles. The molecule has 9 heteroatoms. The number of nitrogens with zero attached hydrogens (tertiary/aromatic N) is 2. The lowest BCUT2D eigenvalue weighted by atomic mass is 9.68. The van der Waals surface area contributed by atoms with Gasteiger partial charge in [-0.1, -0.05) is 11.6 Å². The summed E-state index contributed by atoms with van der Waals surface area (Å²) in [5, 5.41) is 11.3. The number of aliphatic hydroxyl groups is 1. The van der Waals surface area contributed by atoms with Gasteiger partial charge >= 0.3 is 12.1 Å². The van der Waals surface area contributed by atoms with Gasteiger partial charge in [0.25, 0.3) is 0 Å². The van der Waals surface area contributed by atoms with Crippen LogP contribution >= 0.6 is 0 Å². The number of hydrogen-bond acceptors (Lipinski definition) is 8. The third-order valence-electron chi connectivity index (χ3n) is 7.81. The summed E-state index contributed by atoms with van der Waals surface area (Å²) in [5.74, 6) is -0.416. The number of epoxide rings is 2. The van der Waals surface area contributed by atoms with Crippen LogP contribution in [0.15, 0.2) is 11.6 Å². The van der Waals surface area contributed by atoms with Crippen LogP contribution in [0.1, 0.15) is 53.4 Å². The van der Waals surface area contributed by atoms with Crippen molar-refractivity contribution in [1.29, 1.82) is 0 Å². The quantitative estimate of drug-likeness (QED) is 0.320. The fraction of sp³-hybridized carbons (Fsp3) is 0.840. The molecule has 4 fully saturated rings. The Bertz CT molecular complexity index is 786. The van der Waals surface area contributed by atoms with Crippen LogP contribution < -0.4 is 0 Å². The Morgan fingerprint density at radius 1 is 1.21 bits per heavy atom. The lowest BCUT2D eigenvalue weighted by Crippen LogP contribution is -2.56. The molecule has 0 aromatic rings. The minimum absolute atomic E-state index is 0.0419. The van der Waals surface area contributed by atoms with E-state index in [0.29, 0.717) is 58.8 Å². The predicted octanol–water partition coefficient (Wildman–Crippen LogP) is 2.12. The zero-order valence-electron chi connectivity index (χ0n) is 21.0. The largest absolute Gasteiger partial charge is 0.466 e. The Morgan fingerprint density at radius 3 is 2.53 bits per heavy atom. The Kier molecular flexibility index (Phi) is 7.57. The highest BCUT2D eigenvalue weighted by Gasteiger charge is 2.71. The van der Waals surface area contributed by atoms with E-state index in [-0.39, 0.29) is 29.7 Å². The molecule has 1 N–H and O–H groups in total. The smallest absolute Gasteiger partial charge is 0.410 e. The van der Waals surface area contributed by atoms with Gasteiger partial charge in [-0.25, -0.2) is 4.79 Å². The van der Waals surface area contributed by atoms with Crippen molar-refractivity contribution in [1.82, 2.24) is 9.80 Å². The summed E-state index contributed by atoms with van der Waals surface area (Å²) in [6.07, 6.45) is 2.92. The number of carbonyl (C=O) groups excluding carboxylic acids is 2. The molecule has 6 atom stereocenters. The molecule has 1 unspecified atom stereocenters. The molecule has 3 saturated heterocycles. The fourth-order valence-corrected chi connectivity index (χ4v) is 5.66. The van der Waals surface area contributed by atoms with Crippen LogP contribution in [-0.2, 0) is 23.7 Å².